The normalized spacial score (nSPS) is 10.7. The van der Waals surface area contributed by atoms with E-state index in [9.17, 15) is 19.4 Å². The molecular weight excluding hydrogens is 279 g/mol. The lowest BCUT2D eigenvalue weighted by Crippen LogP contribution is -2.00. The molecule has 0 unspecified atom stereocenters. The molecule has 0 aliphatic rings. The first kappa shape index (κ1) is 13.2. The van der Waals surface area contributed by atoms with E-state index in [1.807, 2.05) is 0 Å². The number of carbonyl (C=O) groups is 1. The van der Waals surface area contributed by atoms with Gasteiger partial charge in [0.2, 0.25) is 0 Å². The number of rotatable bonds is 2. The van der Waals surface area contributed by atoms with E-state index >= 15 is 0 Å². The molecule has 0 aliphatic heterocycles. The number of carboxylic acids is 1. The van der Waals surface area contributed by atoms with Gasteiger partial charge in [0, 0.05) is 13.1 Å². The number of aromatic carboxylic acids is 1. The average molecular weight is 287 g/mol. The summed E-state index contributed by atoms with van der Waals surface area (Å²) in [6.07, 6.45) is 0. The maximum atomic E-state index is 13.9. The van der Waals surface area contributed by atoms with Crippen molar-refractivity contribution in [1.29, 1.82) is 0 Å². The van der Waals surface area contributed by atoms with Gasteiger partial charge in [0.05, 0.1) is 16.3 Å². The number of phenolic OH excluding ortho intramolecular Hbond substituents is 2. The van der Waals surface area contributed by atoms with Gasteiger partial charge >= 0.3 is 5.97 Å². The van der Waals surface area contributed by atoms with Crippen molar-refractivity contribution in [1.82, 2.24) is 9.78 Å². The van der Waals surface area contributed by atoms with Gasteiger partial charge < -0.3 is 15.3 Å². The molecule has 0 saturated heterocycles. The zero-order valence-electron chi connectivity index (χ0n) is 9.55. The number of hydrogen-bond donors (Lipinski definition) is 3. The number of carboxylic acid groups (broad SMARTS) is 1. The summed E-state index contributed by atoms with van der Waals surface area (Å²) in [5.74, 6) is -3.62. The highest BCUT2D eigenvalue weighted by Gasteiger charge is 2.23. The number of phenols is 2. The van der Waals surface area contributed by atoms with E-state index in [-0.39, 0.29) is 11.4 Å². The molecule has 6 nitrogen and oxygen atoms in total. The van der Waals surface area contributed by atoms with Crippen LogP contribution in [0, 0.1) is 5.82 Å². The molecule has 19 heavy (non-hydrogen) atoms. The fourth-order valence-corrected chi connectivity index (χ4v) is 1.84. The minimum absolute atomic E-state index is 0.0230. The van der Waals surface area contributed by atoms with Gasteiger partial charge in [0.1, 0.15) is 0 Å². The fourth-order valence-electron chi connectivity index (χ4n) is 1.64. The summed E-state index contributed by atoms with van der Waals surface area (Å²) >= 11 is 5.57. The van der Waals surface area contributed by atoms with Crippen molar-refractivity contribution in [2.45, 2.75) is 0 Å². The molecule has 0 fully saturated rings. The Labute approximate surface area is 111 Å². The zero-order chi connectivity index (χ0) is 14.3. The number of aryl methyl sites for hydroxylation is 1. The quantitative estimate of drug-likeness (QED) is 0.734. The summed E-state index contributed by atoms with van der Waals surface area (Å²) in [7, 11) is 1.37. The van der Waals surface area contributed by atoms with Crippen molar-refractivity contribution in [3.63, 3.8) is 0 Å². The van der Waals surface area contributed by atoms with Crippen LogP contribution >= 0.6 is 11.6 Å². The van der Waals surface area contributed by atoms with Crippen LogP contribution in [0.1, 0.15) is 10.5 Å². The van der Waals surface area contributed by atoms with Crippen molar-refractivity contribution in [3.8, 4) is 22.8 Å². The lowest BCUT2D eigenvalue weighted by atomic mass is 10.1. The molecule has 1 aromatic carbocycles. The van der Waals surface area contributed by atoms with Gasteiger partial charge in [-0.15, -0.1) is 0 Å². The smallest absolute Gasteiger partial charge is 0.356 e. The van der Waals surface area contributed by atoms with Gasteiger partial charge in [-0.25, -0.2) is 9.18 Å². The molecule has 8 heteroatoms. The first-order valence-corrected chi connectivity index (χ1v) is 5.38. The predicted molar refractivity (Wildman–Crippen MR) is 63.9 cm³/mol. The molecule has 100 valence electrons. The first-order valence-electron chi connectivity index (χ1n) is 5.00. The molecular formula is C11H8ClFN2O4. The van der Waals surface area contributed by atoms with Gasteiger partial charge in [0.25, 0.3) is 0 Å². The Morgan fingerprint density at radius 2 is 2.05 bits per heavy atom. The van der Waals surface area contributed by atoms with Crippen molar-refractivity contribution in [3.05, 3.63) is 28.7 Å². The van der Waals surface area contributed by atoms with Crippen molar-refractivity contribution >= 4 is 17.6 Å². The molecule has 2 aromatic rings. The van der Waals surface area contributed by atoms with Crippen molar-refractivity contribution in [2.24, 2.45) is 7.05 Å². The summed E-state index contributed by atoms with van der Waals surface area (Å²) in [4.78, 5) is 10.8. The maximum absolute atomic E-state index is 13.9. The van der Waals surface area contributed by atoms with Crippen molar-refractivity contribution < 1.29 is 24.5 Å². The van der Waals surface area contributed by atoms with Crippen LogP contribution in [0.15, 0.2) is 12.1 Å². The number of halogens is 2. The van der Waals surface area contributed by atoms with Crippen LogP contribution in [0.3, 0.4) is 0 Å². The van der Waals surface area contributed by atoms with E-state index in [4.69, 9.17) is 16.7 Å². The van der Waals surface area contributed by atoms with Crippen LogP contribution in [0.25, 0.3) is 11.3 Å². The monoisotopic (exact) mass is 286 g/mol. The molecule has 0 aliphatic carbocycles. The Kier molecular flexibility index (Phi) is 3.07. The standard InChI is InChI=1S/C11H8ClFN2O4/c1-15-6(3-5(14-15)11(18)19)8-9(13)4(12)2-7(16)10(8)17/h2-3,16-17H,1H3,(H,18,19). The van der Waals surface area contributed by atoms with Gasteiger partial charge in [-0.2, -0.15) is 5.10 Å². The number of hydrogen-bond acceptors (Lipinski definition) is 4. The van der Waals surface area contributed by atoms with Gasteiger partial charge in [-0.1, -0.05) is 11.6 Å². The maximum Gasteiger partial charge on any atom is 0.356 e. The Hall–Kier alpha value is -2.28. The summed E-state index contributed by atoms with van der Waals surface area (Å²) < 4.78 is 15.0. The predicted octanol–water partition coefficient (Wildman–Crippen LogP) is 1.99. The van der Waals surface area contributed by atoms with E-state index in [2.05, 4.69) is 5.10 Å². The minimum atomic E-state index is -1.30. The Balaban J connectivity index is 2.75. The molecule has 1 aromatic heterocycles. The van der Waals surface area contributed by atoms with E-state index in [1.54, 1.807) is 0 Å². The average Bonchev–Trinajstić information content (AvgIpc) is 2.70. The molecule has 0 atom stereocenters. The number of aromatic nitrogens is 2. The van der Waals surface area contributed by atoms with Crippen LogP contribution in [0.2, 0.25) is 5.02 Å². The largest absolute Gasteiger partial charge is 0.504 e. The van der Waals surface area contributed by atoms with Gasteiger partial charge in [-0.05, 0) is 6.07 Å². The third-order valence-corrected chi connectivity index (χ3v) is 2.80. The van der Waals surface area contributed by atoms with E-state index in [0.29, 0.717) is 0 Å². The lowest BCUT2D eigenvalue weighted by molar-refractivity contribution is 0.0689. The second-order valence-electron chi connectivity index (χ2n) is 3.76. The molecule has 0 radical (unpaired) electrons. The zero-order valence-corrected chi connectivity index (χ0v) is 10.3. The summed E-state index contributed by atoms with van der Waals surface area (Å²) in [5, 5.41) is 31.2. The number of aromatic hydroxyl groups is 2. The van der Waals surface area contributed by atoms with Gasteiger partial charge in [0.15, 0.2) is 23.0 Å². The van der Waals surface area contributed by atoms with Crippen LogP contribution in [0.5, 0.6) is 11.5 Å². The molecule has 0 bridgehead atoms. The Morgan fingerprint density at radius 3 is 2.58 bits per heavy atom. The fraction of sp³-hybridized carbons (Fsp3) is 0.0909. The summed E-state index contributed by atoms with van der Waals surface area (Å²) in [5.41, 5.74) is -0.756. The van der Waals surface area contributed by atoms with E-state index in [1.165, 1.54) is 7.05 Å². The molecule has 3 N–H and O–H groups in total. The molecule has 0 amide bonds. The molecule has 0 spiro atoms. The van der Waals surface area contributed by atoms with Crippen LogP contribution in [0.4, 0.5) is 4.39 Å². The molecule has 1 heterocycles. The number of benzene rings is 1. The second-order valence-corrected chi connectivity index (χ2v) is 4.17. The van der Waals surface area contributed by atoms with Gasteiger partial charge in [-0.3, -0.25) is 4.68 Å². The molecule has 2 rings (SSSR count). The highest BCUT2D eigenvalue weighted by molar-refractivity contribution is 6.31. The topological polar surface area (TPSA) is 95.6 Å². The summed E-state index contributed by atoms with van der Waals surface area (Å²) in [6.45, 7) is 0. The third-order valence-electron chi connectivity index (χ3n) is 2.53. The molecule has 0 saturated carbocycles. The third kappa shape index (κ3) is 2.08. The Bertz CT molecular complexity index is 658. The first-order chi connectivity index (χ1) is 8.82. The SMILES string of the molecule is Cn1nc(C(=O)O)cc1-c1c(O)c(O)cc(Cl)c1F. The highest BCUT2D eigenvalue weighted by Crippen LogP contribution is 2.41. The van der Waals surface area contributed by atoms with E-state index in [0.717, 1.165) is 16.8 Å². The number of nitrogens with zero attached hydrogens (tertiary/aromatic N) is 2. The van der Waals surface area contributed by atoms with E-state index < -0.39 is 33.9 Å². The lowest BCUT2D eigenvalue weighted by Gasteiger charge is -2.09. The van der Waals surface area contributed by atoms with Crippen LogP contribution < -0.4 is 0 Å². The summed E-state index contributed by atoms with van der Waals surface area (Å²) in [6, 6.07) is 1.92. The van der Waals surface area contributed by atoms with Crippen LogP contribution in [-0.2, 0) is 7.05 Å². The Morgan fingerprint density at radius 1 is 1.42 bits per heavy atom. The van der Waals surface area contributed by atoms with Crippen molar-refractivity contribution in [2.75, 3.05) is 0 Å². The second kappa shape index (κ2) is 4.43. The minimum Gasteiger partial charge on any atom is -0.504 e. The highest BCUT2D eigenvalue weighted by atomic mass is 35.5. The van der Waals surface area contributed by atoms with Crippen LogP contribution in [-0.4, -0.2) is 31.1 Å².